The molecule has 0 spiro atoms. The van der Waals surface area contributed by atoms with Gasteiger partial charge in [0.05, 0.1) is 5.92 Å². The number of nitrogens with one attached hydrogen (secondary N) is 1. The normalized spacial score (nSPS) is 22.1. The molecule has 3 heterocycles. The van der Waals surface area contributed by atoms with Gasteiger partial charge < -0.3 is 14.6 Å². The van der Waals surface area contributed by atoms with Gasteiger partial charge in [-0.1, -0.05) is 26.0 Å². The summed E-state index contributed by atoms with van der Waals surface area (Å²) < 4.78 is 5.93. The van der Waals surface area contributed by atoms with Crippen LogP contribution in [0.4, 0.5) is 6.01 Å². The molecule has 2 fully saturated rings. The second-order valence-electron chi connectivity index (χ2n) is 8.66. The largest absolute Gasteiger partial charge is 0.423 e. The van der Waals surface area contributed by atoms with Gasteiger partial charge in [0.25, 0.3) is 6.01 Å². The number of likely N-dealkylation sites (tertiary alicyclic amines) is 1. The van der Waals surface area contributed by atoms with Crippen LogP contribution in [0.2, 0.25) is 0 Å². The van der Waals surface area contributed by atoms with Crippen molar-refractivity contribution in [3.05, 3.63) is 24.3 Å². The molecule has 0 aliphatic carbocycles. The predicted octanol–water partition coefficient (Wildman–Crippen LogP) is 3.28. The Balaban J connectivity index is 1.31. The molecule has 28 heavy (non-hydrogen) atoms. The molecule has 2 aliphatic rings. The molecule has 1 atom stereocenters. The molecule has 2 saturated heterocycles. The lowest BCUT2D eigenvalue weighted by Crippen LogP contribution is -2.51. The number of para-hydroxylation sites is 2. The fraction of sp³-hybridized carbons (Fsp3) is 0.636. The lowest BCUT2D eigenvalue weighted by atomic mass is 9.93. The third-order valence-corrected chi connectivity index (χ3v) is 6.04. The predicted molar refractivity (Wildman–Crippen MR) is 111 cm³/mol. The molecule has 1 aromatic carbocycles. The zero-order valence-electron chi connectivity index (χ0n) is 17.1. The smallest absolute Gasteiger partial charge is 0.298 e. The van der Waals surface area contributed by atoms with Crippen LogP contribution < -0.4 is 10.2 Å². The standard InChI is InChI=1S/C22H32N4O2/c1-16(2)14-23-21(27)17-6-5-11-26(15-17)18-9-12-25(13-10-18)22-24-19-7-3-4-8-20(19)28-22/h3-4,7-8,16-18H,5-6,9-15H2,1-2H3,(H,23,27)/t17-/m1/s1. The van der Waals surface area contributed by atoms with Crippen LogP contribution in [0.3, 0.4) is 0 Å². The number of aromatic nitrogens is 1. The first-order valence-corrected chi connectivity index (χ1v) is 10.7. The van der Waals surface area contributed by atoms with E-state index in [0.717, 1.165) is 75.5 Å². The molecule has 1 N–H and O–H groups in total. The molecular weight excluding hydrogens is 352 g/mol. The molecule has 4 rings (SSSR count). The Labute approximate surface area is 167 Å². The first-order chi connectivity index (χ1) is 13.6. The number of oxazole rings is 1. The van der Waals surface area contributed by atoms with Gasteiger partial charge >= 0.3 is 0 Å². The fourth-order valence-electron chi connectivity index (χ4n) is 4.42. The highest BCUT2D eigenvalue weighted by Gasteiger charge is 2.32. The Morgan fingerprint density at radius 2 is 2.00 bits per heavy atom. The van der Waals surface area contributed by atoms with Gasteiger partial charge in [-0.3, -0.25) is 9.69 Å². The van der Waals surface area contributed by atoms with Crippen molar-refractivity contribution in [1.82, 2.24) is 15.2 Å². The van der Waals surface area contributed by atoms with Gasteiger partial charge in [0.1, 0.15) is 5.52 Å². The van der Waals surface area contributed by atoms with Crippen molar-refractivity contribution in [3.63, 3.8) is 0 Å². The molecule has 0 saturated carbocycles. The number of carbonyl (C=O) groups is 1. The molecule has 2 aliphatic heterocycles. The number of rotatable bonds is 5. The molecule has 0 radical (unpaired) electrons. The Kier molecular flexibility index (Phi) is 5.85. The molecule has 1 aromatic heterocycles. The van der Waals surface area contributed by atoms with Gasteiger partial charge in [-0.25, -0.2) is 0 Å². The Morgan fingerprint density at radius 3 is 2.75 bits per heavy atom. The highest BCUT2D eigenvalue weighted by molar-refractivity contribution is 5.79. The maximum Gasteiger partial charge on any atom is 0.298 e. The quantitative estimate of drug-likeness (QED) is 0.857. The van der Waals surface area contributed by atoms with Crippen molar-refractivity contribution in [1.29, 1.82) is 0 Å². The molecule has 1 amide bonds. The van der Waals surface area contributed by atoms with E-state index in [0.29, 0.717) is 12.0 Å². The van der Waals surface area contributed by atoms with E-state index in [4.69, 9.17) is 4.42 Å². The Hall–Kier alpha value is -2.08. The number of anilines is 1. The van der Waals surface area contributed by atoms with Gasteiger partial charge in [-0.05, 0) is 50.3 Å². The van der Waals surface area contributed by atoms with Crippen LogP contribution in [0.15, 0.2) is 28.7 Å². The van der Waals surface area contributed by atoms with Crippen molar-refractivity contribution >= 4 is 23.0 Å². The van der Waals surface area contributed by atoms with E-state index in [-0.39, 0.29) is 11.8 Å². The SMILES string of the molecule is CC(C)CNC(=O)[C@@H]1CCCN(C2CCN(c3nc4ccccc4o3)CC2)C1. The number of benzene rings is 1. The van der Waals surface area contributed by atoms with Gasteiger partial charge in [-0.15, -0.1) is 0 Å². The molecule has 0 bridgehead atoms. The van der Waals surface area contributed by atoms with Gasteiger partial charge in [0.15, 0.2) is 5.58 Å². The summed E-state index contributed by atoms with van der Waals surface area (Å²) in [7, 11) is 0. The average Bonchev–Trinajstić information content (AvgIpc) is 3.16. The van der Waals surface area contributed by atoms with Gasteiger partial charge in [-0.2, -0.15) is 4.98 Å². The second kappa shape index (κ2) is 8.52. The van der Waals surface area contributed by atoms with E-state index >= 15 is 0 Å². The second-order valence-corrected chi connectivity index (χ2v) is 8.66. The average molecular weight is 385 g/mol. The van der Waals surface area contributed by atoms with E-state index in [2.05, 4.69) is 33.9 Å². The van der Waals surface area contributed by atoms with Crippen LogP contribution in [-0.2, 0) is 4.79 Å². The van der Waals surface area contributed by atoms with Crippen LogP contribution >= 0.6 is 0 Å². The van der Waals surface area contributed by atoms with Crippen LogP contribution in [-0.4, -0.2) is 54.6 Å². The number of piperidine rings is 2. The zero-order chi connectivity index (χ0) is 19.5. The van der Waals surface area contributed by atoms with Crippen LogP contribution in [0, 0.1) is 11.8 Å². The minimum absolute atomic E-state index is 0.141. The number of hydrogen-bond acceptors (Lipinski definition) is 5. The Bertz CT molecular complexity index is 762. The monoisotopic (exact) mass is 384 g/mol. The zero-order valence-corrected chi connectivity index (χ0v) is 17.1. The van der Waals surface area contributed by atoms with Gasteiger partial charge in [0, 0.05) is 32.2 Å². The fourth-order valence-corrected chi connectivity index (χ4v) is 4.42. The van der Waals surface area contributed by atoms with E-state index in [1.165, 1.54) is 0 Å². The number of amides is 1. The number of fused-ring (bicyclic) bond motifs is 1. The lowest BCUT2D eigenvalue weighted by molar-refractivity contribution is -0.127. The molecular formula is C22H32N4O2. The van der Waals surface area contributed by atoms with Crippen molar-refractivity contribution in [2.24, 2.45) is 11.8 Å². The van der Waals surface area contributed by atoms with Crippen LogP contribution in [0.1, 0.15) is 39.5 Å². The lowest BCUT2D eigenvalue weighted by Gasteiger charge is -2.41. The number of hydrogen-bond donors (Lipinski definition) is 1. The van der Waals surface area contributed by atoms with Crippen LogP contribution in [0.5, 0.6) is 0 Å². The van der Waals surface area contributed by atoms with Crippen molar-refractivity contribution in [3.8, 4) is 0 Å². The number of nitrogens with zero attached hydrogens (tertiary/aromatic N) is 3. The molecule has 152 valence electrons. The minimum atomic E-state index is 0.141. The summed E-state index contributed by atoms with van der Waals surface area (Å²) in [5.41, 5.74) is 1.77. The van der Waals surface area contributed by atoms with Crippen molar-refractivity contribution in [2.75, 3.05) is 37.6 Å². The molecule has 2 aromatic rings. The summed E-state index contributed by atoms with van der Waals surface area (Å²) in [4.78, 5) is 21.9. The third kappa shape index (κ3) is 4.32. The maximum absolute atomic E-state index is 12.5. The minimum Gasteiger partial charge on any atom is -0.423 e. The first-order valence-electron chi connectivity index (χ1n) is 10.7. The number of carbonyl (C=O) groups excluding carboxylic acids is 1. The third-order valence-electron chi connectivity index (χ3n) is 6.04. The van der Waals surface area contributed by atoms with E-state index in [1.807, 2.05) is 24.3 Å². The summed E-state index contributed by atoms with van der Waals surface area (Å²) >= 11 is 0. The topological polar surface area (TPSA) is 61.6 Å². The molecule has 6 heteroatoms. The summed E-state index contributed by atoms with van der Waals surface area (Å²) in [5.74, 6) is 0.879. The Morgan fingerprint density at radius 1 is 1.21 bits per heavy atom. The van der Waals surface area contributed by atoms with Crippen molar-refractivity contribution < 1.29 is 9.21 Å². The van der Waals surface area contributed by atoms with E-state index in [1.54, 1.807) is 0 Å². The maximum atomic E-state index is 12.5. The molecule has 6 nitrogen and oxygen atoms in total. The summed E-state index contributed by atoms with van der Waals surface area (Å²) in [6, 6.07) is 9.23. The summed E-state index contributed by atoms with van der Waals surface area (Å²) in [5, 5.41) is 3.12. The first kappa shape index (κ1) is 19.2. The van der Waals surface area contributed by atoms with Crippen LogP contribution in [0.25, 0.3) is 11.1 Å². The highest BCUT2D eigenvalue weighted by atomic mass is 16.4. The summed E-state index contributed by atoms with van der Waals surface area (Å²) in [6.45, 7) is 8.98. The van der Waals surface area contributed by atoms with Crippen molar-refractivity contribution in [2.45, 2.75) is 45.6 Å². The molecule has 0 unspecified atom stereocenters. The van der Waals surface area contributed by atoms with Gasteiger partial charge in [0.2, 0.25) is 5.91 Å². The van der Waals surface area contributed by atoms with E-state index in [9.17, 15) is 4.79 Å². The van der Waals surface area contributed by atoms with E-state index < -0.39 is 0 Å². The highest BCUT2D eigenvalue weighted by Crippen LogP contribution is 2.28. The summed E-state index contributed by atoms with van der Waals surface area (Å²) in [6.07, 6.45) is 4.32.